The lowest BCUT2D eigenvalue weighted by Crippen LogP contribution is -2.56. The maximum atomic E-state index is 13.2. The van der Waals surface area contributed by atoms with Crippen molar-refractivity contribution in [1.82, 2.24) is 4.90 Å². The molecule has 0 aliphatic carbocycles. The van der Waals surface area contributed by atoms with Crippen LogP contribution in [0.15, 0.2) is 34.8 Å². The zero-order valence-electron chi connectivity index (χ0n) is 15.8. The van der Waals surface area contributed by atoms with Crippen LogP contribution in [0.25, 0.3) is 0 Å². The van der Waals surface area contributed by atoms with Crippen LogP contribution < -0.4 is 9.47 Å². The highest BCUT2D eigenvalue weighted by Crippen LogP contribution is 2.54. The molecular weight excluding hydrogens is 426 g/mol. The largest absolute Gasteiger partial charge is 0.493 e. The molecule has 0 aromatic heterocycles. The third kappa shape index (κ3) is 2.32. The van der Waals surface area contributed by atoms with Crippen molar-refractivity contribution in [2.45, 2.75) is 24.8 Å². The number of methoxy groups -OCH3 is 2. The maximum absolute atomic E-state index is 13.2. The predicted octanol–water partition coefficient (Wildman–Crippen LogP) is 3.56. The lowest BCUT2D eigenvalue weighted by atomic mass is 9.66. The minimum Gasteiger partial charge on any atom is -0.493 e. The fraction of sp³-hybridized carbons (Fsp3) is 0.333. The Morgan fingerprint density at radius 3 is 2.64 bits per heavy atom. The molecule has 2 heterocycles. The summed E-state index contributed by atoms with van der Waals surface area (Å²) in [5.74, 6) is -0.0630. The quantitative estimate of drug-likeness (QED) is 0.781. The average Bonchev–Trinajstić information content (AvgIpc) is 2.70. The highest BCUT2D eigenvalue weighted by molar-refractivity contribution is 9.10. The van der Waals surface area contributed by atoms with Gasteiger partial charge < -0.3 is 19.5 Å². The van der Waals surface area contributed by atoms with Crippen molar-refractivity contribution in [1.29, 1.82) is 0 Å². The van der Waals surface area contributed by atoms with E-state index in [0.717, 1.165) is 11.1 Å². The van der Waals surface area contributed by atoms with E-state index in [1.807, 2.05) is 6.07 Å². The van der Waals surface area contributed by atoms with E-state index in [1.165, 1.54) is 7.11 Å². The number of benzene rings is 2. The van der Waals surface area contributed by atoms with Gasteiger partial charge in [-0.15, -0.1) is 0 Å². The minimum atomic E-state index is -1.30. The number of ether oxygens (including phenoxy) is 2. The topological polar surface area (TPSA) is 76.1 Å². The van der Waals surface area contributed by atoms with E-state index in [4.69, 9.17) is 9.47 Å². The molecule has 2 aromatic carbocycles. The molecule has 6 nitrogen and oxygen atoms in total. The van der Waals surface area contributed by atoms with Crippen LogP contribution in [-0.2, 0) is 16.6 Å². The lowest BCUT2D eigenvalue weighted by molar-refractivity contribution is -0.146. The van der Waals surface area contributed by atoms with Crippen molar-refractivity contribution in [2.24, 2.45) is 0 Å². The number of carboxylic acid groups (broad SMARTS) is 1. The van der Waals surface area contributed by atoms with Gasteiger partial charge in [-0.3, -0.25) is 9.59 Å². The van der Waals surface area contributed by atoms with E-state index >= 15 is 0 Å². The van der Waals surface area contributed by atoms with Gasteiger partial charge in [0, 0.05) is 12.1 Å². The number of aliphatic carboxylic acids is 1. The second-order valence-corrected chi connectivity index (χ2v) is 8.00. The number of carboxylic acids is 1. The first kappa shape index (κ1) is 18.8. The number of amides is 1. The smallest absolute Gasteiger partial charge is 0.316 e. The van der Waals surface area contributed by atoms with Crippen LogP contribution >= 0.6 is 15.9 Å². The number of hydrogen-bond donors (Lipinski definition) is 1. The molecule has 0 spiro atoms. The molecule has 0 saturated carbocycles. The van der Waals surface area contributed by atoms with E-state index in [-0.39, 0.29) is 5.91 Å². The first-order valence-electron chi connectivity index (χ1n) is 8.93. The molecule has 1 amide bonds. The molecule has 0 bridgehead atoms. The van der Waals surface area contributed by atoms with Gasteiger partial charge in [0.25, 0.3) is 5.91 Å². The van der Waals surface area contributed by atoms with Crippen molar-refractivity contribution >= 4 is 27.8 Å². The van der Waals surface area contributed by atoms with Gasteiger partial charge in [-0.05, 0) is 58.1 Å². The number of carbonyl (C=O) groups is 2. The van der Waals surface area contributed by atoms with Crippen LogP contribution in [0.5, 0.6) is 11.5 Å². The van der Waals surface area contributed by atoms with Crippen LogP contribution in [0.3, 0.4) is 0 Å². The van der Waals surface area contributed by atoms with Crippen LogP contribution in [0.4, 0.5) is 0 Å². The number of carbonyl (C=O) groups excluding carboxylic acids is 1. The molecule has 0 saturated heterocycles. The van der Waals surface area contributed by atoms with Crippen molar-refractivity contribution in [3.05, 3.63) is 57.1 Å². The van der Waals surface area contributed by atoms with Crippen LogP contribution in [-0.4, -0.2) is 42.6 Å². The van der Waals surface area contributed by atoms with Gasteiger partial charge >= 0.3 is 5.97 Å². The SMILES string of the molecule is COc1cc2c(c(Br)c1OC)[C@@H]1N(CC2)C(=O)c2ccccc2[C@]1(C)C(=O)O. The summed E-state index contributed by atoms with van der Waals surface area (Å²) in [6.45, 7) is 2.13. The Labute approximate surface area is 171 Å². The predicted molar refractivity (Wildman–Crippen MR) is 106 cm³/mol. The number of rotatable bonds is 3. The highest BCUT2D eigenvalue weighted by Gasteiger charge is 2.55. The molecule has 146 valence electrons. The molecule has 2 aromatic rings. The fourth-order valence-corrected chi connectivity index (χ4v) is 5.35. The van der Waals surface area contributed by atoms with Gasteiger partial charge in [-0.1, -0.05) is 18.2 Å². The molecule has 1 N–H and O–H groups in total. The van der Waals surface area contributed by atoms with Crippen molar-refractivity contribution in [3.63, 3.8) is 0 Å². The third-order valence-electron chi connectivity index (χ3n) is 5.91. The average molecular weight is 446 g/mol. The highest BCUT2D eigenvalue weighted by atomic mass is 79.9. The summed E-state index contributed by atoms with van der Waals surface area (Å²) < 4.78 is 11.6. The molecule has 0 radical (unpaired) electrons. The van der Waals surface area contributed by atoms with Gasteiger partial charge in [-0.2, -0.15) is 0 Å². The van der Waals surface area contributed by atoms with E-state index in [9.17, 15) is 14.7 Å². The first-order chi connectivity index (χ1) is 13.4. The molecule has 7 heteroatoms. The third-order valence-corrected chi connectivity index (χ3v) is 6.70. The number of halogens is 1. The van der Waals surface area contributed by atoms with Crippen LogP contribution in [0.2, 0.25) is 0 Å². The Morgan fingerprint density at radius 1 is 1.29 bits per heavy atom. The zero-order chi connectivity index (χ0) is 20.2. The monoisotopic (exact) mass is 445 g/mol. The summed E-state index contributed by atoms with van der Waals surface area (Å²) in [7, 11) is 3.10. The molecular formula is C21H20BrNO5. The molecule has 0 fully saturated rings. The number of nitrogens with zero attached hydrogens (tertiary/aromatic N) is 1. The van der Waals surface area contributed by atoms with Gasteiger partial charge in [0.15, 0.2) is 11.5 Å². The molecule has 2 aliphatic rings. The van der Waals surface area contributed by atoms with Gasteiger partial charge in [-0.25, -0.2) is 0 Å². The second-order valence-electron chi connectivity index (χ2n) is 7.20. The molecule has 28 heavy (non-hydrogen) atoms. The van der Waals surface area contributed by atoms with Crippen molar-refractivity contribution in [3.8, 4) is 11.5 Å². The Kier molecular flexibility index (Phi) is 4.38. The maximum Gasteiger partial charge on any atom is 0.316 e. The van der Waals surface area contributed by atoms with E-state index in [2.05, 4.69) is 15.9 Å². The number of hydrogen-bond acceptors (Lipinski definition) is 4. The zero-order valence-corrected chi connectivity index (χ0v) is 17.4. The molecule has 0 unspecified atom stereocenters. The molecule has 2 atom stereocenters. The fourth-order valence-electron chi connectivity index (χ4n) is 4.52. The second kappa shape index (κ2) is 6.51. The van der Waals surface area contributed by atoms with Gasteiger partial charge in [0.1, 0.15) is 5.41 Å². The summed E-state index contributed by atoms with van der Waals surface area (Å²) in [6, 6.07) is 8.20. The minimum absolute atomic E-state index is 0.147. The Balaban J connectivity index is 2.06. The summed E-state index contributed by atoms with van der Waals surface area (Å²) in [4.78, 5) is 27.5. The van der Waals surface area contributed by atoms with Crippen molar-refractivity contribution in [2.75, 3.05) is 20.8 Å². The summed E-state index contributed by atoms with van der Waals surface area (Å²) >= 11 is 3.61. The van der Waals surface area contributed by atoms with Gasteiger partial charge in [0.05, 0.1) is 24.7 Å². The lowest BCUT2D eigenvalue weighted by Gasteiger charge is -2.50. The Bertz CT molecular complexity index is 1000. The first-order valence-corrected chi connectivity index (χ1v) is 9.72. The number of fused-ring (bicyclic) bond motifs is 4. The summed E-state index contributed by atoms with van der Waals surface area (Å²) in [6.07, 6.45) is 0.606. The van der Waals surface area contributed by atoms with Gasteiger partial charge in [0.2, 0.25) is 0 Å². The standard InChI is InChI=1S/C21H20BrNO5/c1-21(20(25)26)13-7-5-4-6-12(13)19(24)23-9-8-11-10-14(27-2)17(28-3)16(22)15(11)18(21)23/h4-7,10,18H,8-9H2,1-3H3,(H,25,26)/t18-,21-/m0/s1. The normalized spacial score (nSPS) is 22.8. The van der Waals surface area contributed by atoms with Crippen LogP contribution in [0.1, 0.15) is 40.0 Å². The Hall–Kier alpha value is -2.54. The van der Waals surface area contributed by atoms with Crippen LogP contribution in [0, 0.1) is 0 Å². The molecule has 4 rings (SSSR count). The van der Waals surface area contributed by atoms with Crippen molar-refractivity contribution < 1.29 is 24.2 Å². The van der Waals surface area contributed by atoms with E-state index in [0.29, 0.717) is 40.1 Å². The summed E-state index contributed by atoms with van der Waals surface area (Å²) in [5, 5.41) is 10.3. The Morgan fingerprint density at radius 2 is 2.00 bits per heavy atom. The van der Waals surface area contributed by atoms with E-state index in [1.54, 1.807) is 43.2 Å². The summed E-state index contributed by atoms with van der Waals surface area (Å²) in [5.41, 5.74) is 1.39. The van der Waals surface area contributed by atoms with E-state index < -0.39 is 17.4 Å². The molecule has 2 aliphatic heterocycles.